The predicted molar refractivity (Wildman–Crippen MR) is 154 cm³/mol. The van der Waals surface area contributed by atoms with Crippen molar-refractivity contribution in [2.45, 2.75) is 33.6 Å². The van der Waals surface area contributed by atoms with Gasteiger partial charge in [-0.25, -0.2) is 0 Å². The number of ether oxygens (including phenoxy) is 1. The maximum Gasteiger partial charge on any atom is 0.446 e. The lowest BCUT2D eigenvalue weighted by atomic mass is 10.1. The van der Waals surface area contributed by atoms with Gasteiger partial charge in [0.2, 0.25) is 0 Å². The number of alkyl halides is 6. The van der Waals surface area contributed by atoms with Gasteiger partial charge in [-0.05, 0) is 107 Å². The topological polar surface area (TPSA) is 67.4 Å². The minimum absolute atomic E-state index is 0.000422. The van der Waals surface area contributed by atoms with Gasteiger partial charge >= 0.3 is 11.0 Å². The molecule has 13 heteroatoms. The summed E-state index contributed by atoms with van der Waals surface area (Å²) in [4.78, 5) is 25.0. The van der Waals surface area contributed by atoms with E-state index in [9.17, 15) is 35.9 Å². The normalized spacial score (nSPS) is 15.0. The molecule has 43 heavy (non-hydrogen) atoms. The second-order valence-corrected chi connectivity index (χ2v) is 11.7. The fraction of sp³-hybridized carbons (Fsp3) is 0.267. The van der Waals surface area contributed by atoms with Crippen LogP contribution in [0.5, 0.6) is 0 Å². The minimum atomic E-state index is -4.40. The lowest BCUT2D eigenvalue weighted by Crippen LogP contribution is -2.26. The van der Waals surface area contributed by atoms with Crippen LogP contribution in [0.1, 0.15) is 33.6 Å². The van der Waals surface area contributed by atoms with Gasteiger partial charge in [0.05, 0.1) is 13.2 Å². The summed E-state index contributed by atoms with van der Waals surface area (Å²) in [6.45, 7) is 1.07. The summed E-state index contributed by atoms with van der Waals surface area (Å²) < 4.78 is 81.0. The van der Waals surface area contributed by atoms with Gasteiger partial charge in [-0.1, -0.05) is 24.3 Å². The molecule has 0 bridgehead atoms. The third kappa shape index (κ3) is 10.4. The van der Waals surface area contributed by atoms with E-state index >= 15 is 0 Å². The van der Waals surface area contributed by atoms with Crippen LogP contribution >= 0.6 is 23.5 Å². The zero-order valence-electron chi connectivity index (χ0n) is 22.5. The zero-order valence-corrected chi connectivity index (χ0v) is 24.1. The van der Waals surface area contributed by atoms with Crippen molar-refractivity contribution >= 4 is 35.3 Å². The van der Waals surface area contributed by atoms with Gasteiger partial charge in [-0.2, -0.15) is 26.3 Å². The molecule has 0 spiro atoms. The molecule has 0 fully saturated rings. The van der Waals surface area contributed by atoms with Gasteiger partial charge in [-0.15, -0.1) is 0 Å². The summed E-state index contributed by atoms with van der Waals surface area (Å²) in [5.41, 5.74) is -4.67. The SMILES string of the molecule is O=C(NCC1=CCC=C1COCC1=CCC=C1CNC(=O)c1ccc(SC(F)(F)F)cc1)c1ccc(SC(F)(F)F)cc1. The quantitative estimate of drug-likeness (QED) is 0.185. The van der Waals surface area contributed by atoms with Crippen LogP contribution in [0.25, 0.3) is 0 Å². The van der Waals surface area contributed by atoms with E-state index < -0.39 is 22.8 Å². The van der Waals surface area contributed by atoms with E-state index in [1.807, 2.05) is 24.3 Å². The van der Waals surface area contributed by atoms with Crippen LogP contribution in [0.2, 0.25) is 0 Å². The van der Waals surface area contributed by atoms with Crippen molar-refractivity contribution in [1.29, 1.82) is 0 Å². The fourth-order valence-electron chi connectivity index (χ4n) is 4.33. The van der Waals surface area contributed by atoms with Gasteiger partial charge in [0.1, 0.15) is 0 Å². The van der Waals surface area contributed by atoms with Crippen molar-refractivity contribution in [3.8, 4) is 0 Å². The molecule has 4 rings (SSSR count). The standard InChI is InChI=1S/C30H26F6N2O3S2/c31-29(32,33)42-25-11-7-19(8-12-25)27(39)37-15-21-3-1-5-23(21)17-41-18-24-6-2-4-22(24)16-38-28(40)20-9-13-26(14-10-20)43-30(34,35)36/h3-14H,1-2,15-18H2,(H,37,39)(H,38,40). The van der Waals surface area contributed by atoms with Crippen molar-refractivity contribution in [3.63, 3.8) is 0 Å². The summed E-state index contributed by atoms with van der Waals surface area (Å²) in [7, 11) is 0. The van der Waals surface area contributed by atoms with Crippen LogP contribution in [0.15, 0.2) is 105 Å². The maximum absolute atomic E-state index is 12.5. The molecule has 5 nitrogen and oxygen atoms in total. The fourth-order valence-corrected chi connectivity index (χ4v) is 5.41. The highest BCUT2D eigenvalue weighted by molar-refractivity contribution is 8.00. The molecule has 0 aliphatic heterocycles. The molecule has 2 aliphatic rings. The highest BCUT2D eigenvalue weighted by Gasteiger charge is 2.30. The Labute approximate surface area is 252 Å². The number of benzene rings is 2. The smallest absolute Gasteiger partial charge is 0.372 e. The Kier molecular flexibility index (Phi) is 10.9. The number of thioether (sulfide) groups is 2. The monoisotopic (exact) mass is 640 g/mol. The van der Waals surface area contributed by atoms with Crippen molar-refractivity contribution in [2.75, 3.05) is 26.3 Å². The van der Waals surface area contributed by atoms with Crippen LogP contribution in [-0.4, -0.2) is 49.1 Å². The number of hydrogen-bond donors (Lipinski definition) is 2. The first-order valence-electron chi connectivity index (χ1n) is 13.0. The summed E-state index contributed by atoms with van der Waals surface area (Å²) in [5, 5.41) is 5.57. The number of carbonyl (C=O) groups is 2. The molecule has 2 aromatic carbocycles. The number of rotatable bonds is 12. The molecule has 0 unspecified atom stereocenters. The number of nitrogens with one attached hydrogen (secondary N) is 2. The summed E-state index contributed by atoms with van der Waals surface area (Å²) >= 11 is -0.482. The highest BCUT2D eigenvalue weighted by Crippen LogP contribution is 2.37. The number of amides is 2. The van der Waals surface area contributed by atoms with Crippen LogP contribution in [0, 0.1) is 0 Å². The molecule has 2 amide bonds. The average molecular weight is 641 g/mol. The molecule has 2 aliphatic carbocycles. The number of allylic oxidation sites excluding steroid dienone is 4. The van der Waals surface area contributed by atoms with E-state index in [2.05, 4.69) is 10.6 Å². The first-order valence-corrected chi connectivity index (χ1v) is 14.6. The van der Waals surface area contributed by atoms with Gasteiger partial charge in [0, 0.05) is 34.0 Å². The summed E-state index contributed by atoms with van der Waals surface area (Å²) in [6.07, 6.45) is 9.27. The molecule has 0 aromatic heterocycles. The van der Waals surface area contributed by atoms with Gasteiger partial charge in [0.15, 0.2) is 0 Å². The van der Waals surface area contributed by atoms with E-state index in [1.54, 1.807) is 0 Å². The molecule has 228 valence electrons. The number of halogens is 6. The lowest BCUT2D eigenvalue weighted by molar-refractivity contribution is -0.0337. The van der Waals surface area contributed by atoms with E-state index in [4.69, 9.17) is 4.74 Å². The van der Waals surface area contributed by atoms with Gasteiger partial charge in [-0.3, -0.25) is 9.59 Å². The van der Waals surface area contributed by atoms with E-state index in [0.717, 1.165) is 22.3 Å². The van der Waals surface area contributed by atoms with E-state index in [0.29, 0.717) is 26.1 Å². The Hall–Kier alpha value is -3.42. The first kappa shape index (κ1) is 32.5. The Morgan fingerprint density at radius 2 is 0.953 bits per heavy atom. The van der Waals surface area contributed by atoms with Crippen molar-refractivity contribution in [3.05, 3.63) is 106 Å². The molecule has 0 heterocycles. The molecule has 2 N–H and O–H groups in total. The minimum Gasteiger partial charge on any atom is -0.372 e. The number of hydrogen-bond acceptors (Lipinski definition) is 5. The third-order valence-corrected chi connectivity index (χ3v) is 7.85. The van der Waals surface area contributed by atoms with Crippen molar-refractivity contribution < 1.29 is 40.7 Å². The molecule has 0 radical (unpaired) electrons. The van der Waals surface area contributed by atoms with Crippen LogP contribution in [0.4, 0.5) is 26.3 Å². The predicted octanol–water partition coefficient (Wildman–Crippen LogP) is 7.60. The van der Waals surface area contributed by atoms with Crippen molar-refractivity contribution in [2.24, 2.45) is 0 Å². The third-order valence-electron chi connectivity index (χ3n) is 6.38. The lowest BCUT2D eigenvalue weighted by Gasteiger charge is -2.14. The second kappa shape index (κ2) is 14.4. The van der Waals surface area contributed by atoms with E-state index in [1.165, 1.54) is 48.5 Å². The molecule has 0 saturated carbocycles. The van der Waals surface area contributed by atoms with Crippen LogP contribution in [-0.2, 0) is 4.74 Å². The zero-order chi connectivity index (χ0) is 31.0. The Morgan fingerprint density at radius 1 is 0.605 bits per heavy atom. The molecular formula is C30H26F6N2O3S2. The summed E-state index contributed by atoms with van der Waals surface area (Å²) in [5.74, 6) is -0.804. The van der Waals surface area contributed by atoms with Gasteiger partial charge in [0.25, 0.3) is 11.8 Å². The van der Waals surface area contributed by atoms with E-state index in [-0.39, 0.29) is 57.5 Å². The average Bonchev–Trinajstić information content (AvgIpc) is 3.58. The van der Waals surface area contributed by atoms with Crippen LogP contribution < -0.4 is 10.6 Å². The second-order valence-electron chi connectivity index (χ2n) is 9.39. The van der Waals surface area contributed by atoms with Crippen LogP contribution in [0.3, 0.4) is 0 Å². The number of carbonyl (C=O) groups excluding carboxylic acids is 2. The first-order chi connectivity index (χ1) is 20.4. The molecule has 0 saturated heterocycles. The highest BCUT2D eigenvalue weighted by atomic mass is 32.2. The molecule has 0 atom stereocenters. The Bertz CT molecular complexity index is 1330. The molecular weight excluding hydrogens is 614 g/mol. The Balaban J connectivity index is 1.18. The largest absolute Gasteiger partial charge is 0.446 e. The summed E-state index contributed by atoms with van der Waals surface area (Å²) in [6, 6.07) is 10.4. The molecule has 2 aromatic rings. The maximum atomic E-state index is 12.5. The van der Waals surface area contributed by atoms with Gasteiger partial charge < -0.3 is 15.4 Å². The Morgan fingerprint density at radius 3 is 1.30 bits per heavy atom. The van der Waals surface area contributed by atoms with Crippen molar-refractivity contribution in [1.82, 2.24) is 10.6 Å².